The van der Waals surface area contributed by atoms with Crippen LogP contribution in [0.25, 0.3) is 0 Å². The van der Waals surface area contributed by atoms with Gasteiger partial charge in [-0.15, -0.1) is 0 Å². The summed E-state index contributed by atoms with van der Waals surface area (Å²) < 4.78 is 0. The first-order valence-electron chi connectivity index (χ1n) is 14.3. The molecule has 3 N–H and O–H groups in total. The van der Waals surface area contributed by atoms with Gasteiger partial charge in [-0.1, -0.05) is 125 Å². The number of carbonyl (C=O) groups is 3. The van der Waals surface area contributed by atoms with Crippen molar-refractivity contribution in [2.45, 2.75) is 162 Å². The number of aliphatic hydroxyl groups excluding tert-OH is 3. The molecule has 0 aliphatic rings. The molecule has 40 heavy (non-hydrogen) atoms. The zero-order valence-corrected chi connectivity index (χ0v) is 31.1. The average molecular weight is 726 g/mol. The number of ketones is 3. The normalized spacial score (nSPS) is 15.2. The molecule has 0 aromatic rings. The molecule has 0 saturated carbocycles. The number of aliphatic hydroxyl groups is 3. The topological polar surface area (TPSA) is 112 Å². The SMILES string of the molecule is CC(C)(C)C(=O)CC(O)C(C)(C)C.CC(C)(C)C(=O)CC(O)C(C)(C)C.CC(C)(C)C(=O)CC(O)C(C)(C)C.[Er]. The third kappa shape index (κ3) is 22.7. The first-order chi connectivity index (χ1) is 16.6. The van der Waals surface area contributed by atoms with Crippen molar-refractivity contribution in [3.05, 3.63) is 0 Å². The summed E-state index contributed by atoms with van der Waals surface area (Å²) in [6, 6.07) is 0. The molecule has 0 spiro atoms. The fourth-order valence-corrected chi connectivity index (χ4v) is 2.36. The van der Waals surface area contributed by atoms with E-state index in [1.54, 1.807) is 0 Å². The van der Waals surface area contributed by atoms with Crippen LogP contribution >= 0.6 is 0 Å². The van der Waals surface area contributed by atoms with Crippen molar-refractivity contribution in [3.8, 4) is 0 Å². The minimum absolute atomic E-state index is 0. The maximum atomic E-state index is 11.6. The molecule has 0 aliphatic carbocycles. The van der Waals surface area contributed by atoms with E-state index in [9.17, 15) is 29.7 Å². The first kappa shape index (κ1) is 47.1. The van der Waals surface area contributed by atoms with E-state index < -0.39 is 18.3 Å². The molecule has 7 heteroatoms. The minimum atomic E-state index is -0.542. The van der Waals surface area contributed by atoms with Crippen LogP contribution in [0, 0.1) is 69.8 Å². The van der Waals surface area contributed by atoms with Crippen LogP contribution < -0.4 is 0 Å². The quantitative estimate of drug-likeness (QED) is 0.267. The second-order valence-electron chi connectivity index (χ2n) is 17.3. The van der Waals surface area contributed by atoms with E-state index in [2.05, 4.69) is 0 Å². The van der Waals surface area contributed by atoms with E-state index in [0.29, 0.717) is 0 Å². The van der Waals surface area contributed by atoms with Crippen molar-refractivity contribution >= 4 is 17.3 Å². The molecule has 0 aromatic heterocycles. The summed E-state index contributed by atoms with van der Waals surface area (Å²) >= 11 is 0. The second-order valence-corrected chi connectivity index (χ2v) is 17.3. The summed E-state index contributed by atoms with van der Waals surface area (Å²) in [6.45, 7) is 34.4. The summed E-state index contributed by atoms with van der Waals surface area (Å²) in [7, 11) is 0. The van der Waals surface area contributed by atoms with Crippen LogP contribution in [0.1, 0.15) is 144 Å². The summed E-state index contributed by atoms with van der Waals surface area (Å²) in [5.41, 5.74) is -1.65. The zero-order chi connectivity index (χ0) is 32.6. The Hall–Kier alpha value is 0.137. The van der Waals surface area contributed by atoms with Crippen LogP contribution in [0.2, 0.25) is 0 Å². The number of Topliss-reactive ketones (excluding diaryl/α,β-unsaturated/α-hetero) is 3. The second kappa shape index (κ2) is 17.4. The third-order valence-electron chi connectivity index (χ3n) is 6.64. The van der Waals surface area contributed by atoms with Gasteiger partial charge in [0.05, 0.1) is 18.3 Å². The summed E-state index contributed by atoms with van der Waals surface area (Å²) in [4.78, 5) is 34.7. The van der Waals surface area contributed by atoms with Crippen molar-refractivity contribution in [1.82, 2.24) is 0 Å². The number of rotatable bonds is 6. The van der Waals surface area contributed by atoms with Crippen molar-refractivity contribution < 1.29 is 67.0 Å². The van der Waals surface area contributed by atoms with E-state index >= 15 is 0 Å². The van der Waals surface area contributed by atoms with Crippen molar-refractivity contribution in [1.29, 1.82) is 0 Å². The smallest absolute Gasteiger partial charge is 0.140 e. The maximum Gasteiger partial charge on any atom is 0.140 e. The zero-order valence-electron chi connectivity index (χ0n) is 29.2. The monoisotopic (exact) mass is 724 g/mol. The molecule has 3 atom stereocenters. The summed E-state index contributed by atoms with van der Waals surface area (Å²) in [5, 5.41) is 29.1. The molecule has 0 aliphatic heterocycles. The molecule has 0 bridgehead atoms. The molecule has 0 radical (unpaired) electrons. The van der Waals surface area contributed by atoms with Gasteiger partial charge >= 0.3 is 0 Å². The Kier molecular flexibility index (Phi) is 20.5. The first-order valence-corrected chi connectivity index (χ1v) is 14.3. The molecule has 0 saturated heterocycles. The van der Waals surface area contributed by atoms with Crippen LogP contribution in [-0.4, -0.2) is 51.0 Å². The van der Waals surface area contributed by atoms with E-state index in [1.807, 2.05) is 125 Å². The van der Waals surface area contributed by atoms with Gasteiger partial charge in [0.25, 0.3) is 0 Å². The molecule has 0 heterocycles. The van der Waals surface area contributed by atoms with Gasteiger partial charge < -0.3 is 15.3 Å². The van der Waals surface area contributed by atoms with Gasteiger partial charge in [-0.2, -0.15) is 0 Å². The fourth-order valence-electron chi connectivity index (χ4n) is 2.36. The molecular weight excluding hydrogens is 660 g/mol. The summed E-state index contributed by atoms with van der Waals surface area (Å²) in [6.07, 6.45) is -0.856. The minimum Gasteiger partial charge on any atom is -0.392 e. The van der Waals surface area contributed by atoms with Crippen molar-refractivity contribution in [2.75, 3.05) is 0 Å². The van der Waals surface area contributed by atoms with Crippen molar-refractivity contribution in [3.63, 3.8) is 0 Å². The van der Waals surface area contributed by atoms with Crippen LogP contribution in [0.4, 0.5) is 0 Å². The largest absolute Gasteiger partial charge is 0.392 e. The van der Waals surface area contributed by atoms with E-state index in [-0.39, 0.29) is 106 Å². The maximum absolute atomic E-state index is 11.6. The Balaban J connectivity index is -0.000000240. The Morgan fingerprint density at radius 1 is 0.400 bits per heavy atom. The van der Waals surface area contributed by atoms with Gasteiger partial charge in [0.1, 0.15) is 17.3 Å². The Morgan fingerprint density at radius 3 is 0.600 bits per heavy atom. The Labute approximate surface area is 277 Å². The number of hydrogen-bond acceptors (Lipinski definition) is 6. The van der Waals surface area contributed by atoms with Crippen LogP contribution in [-0.2, 0) is 14.4 Å². The molecule has 0 aromatic carbocycles. The predicted molar refractivity (Wildman–Crippen MR) is 164 cm³/mol. The standard InChI is InChI=1S/3C11H22O2.Er/c3*1-10(2,3)8(12)7-9(13)11(4,5)6;/h3*8,12H,7H2,1-6H3;. The number of carbonyl (C=O) groups excluding carboxylic acids is 3. The van der Waals surface area contributed by atoms with Gasteiger partial charge in [0.15, 0.2) is 0 Å². The molecule has 246 valence electrons. The van der Waals surface area contributed by atoms with Crippen LogP contribution in [0.3, 0.4) is 0 Å². The molecular formula is C33H66ErO6. The van der Waals surface area contributed by atoms with Crippen LogP contribution in [0.5, 0.6) is 0 Å². The van der Waals surface area contributed by atoms with Gasteiger partial charge in [-0.25, -0.2) is 0 Å². The molecule has 0 amide bonds. The van der Waals surface area contributed by atoms with E-state index in [0.717, 1.165) is 0 Å². The van der Waals surface area contributed by atoms with Gasteiger partial charge in [0.2, 0.25) is 0 Å². The average Bonchev–Trinajstić information content (AvgIpc) is 2.64. The van der Waals surface area contributed by atoms with Crippen molar-refractivity contribution in [2.24, 2.45) is 32.5 Å². The Bertz CT molecular complexity index is 655. The van der Waals surface area contributed by atoms with E-state index in [1.165, 1.54) is 0 Å². The van der Waals surface area contributed by atoms with E-state index in [4.69, 9.17) is 0 Å². The Morgan fingerprint density at radius 2 is 0.525 bits per heavy atom. The molecule has 0 fully saturated rings. The fraction of sp³-hybridized carbons (Fsp3) is 0.909. The molecule has 0 rings (SSSR count). The number of hydrogen-bond donors (Lipinski definition) is 3. The third-order valence-corrected chi connectivity index (χ3v) is 6.64. The van der Waals surface area contributed by atoms with Gasteiger partial charge in [-0.05, 0) is 16.2 Å². The molecule has 6 nitrogen and oxygen atoms in total. The van der Waals surface area contributed by atoms with Gasteiger partial charge in [0, 0.05) is 72.8 Å². The van der Waals surface area contributed by atoms with Crippen LogP contribution in [0.15, 0.2) is 0 Å². The molecule has 3 unspecified atom stereocenters. The van der Waals surface area contributed by atoms with Gasteiger partial charge in [-0.3, -0.25) is 14.4 Å². The summed E-state index contributed by atoms with van der Waals surface area (Å²) in [5.74, 6) is 0.361. The predicted octanol–water partition coefficient (Wildman–Crippen LogP) is 7.20.